The minimum absolute atomic E-state index is 0.00253. The molecular formula is C33H35N5O3. The summed E-state index contributed by atoms with van der Waals surface area (Å²) in [5.41, 5.74) is 3.97. The van der Waals surface area contributed by atoms with Crippen LogP contribution in [0.2, 0.25) is 0 Å². The summed E-state index contributed by atoms with van der Waals surface area (Å²) in [6.45, 7) is 3.44. The molecule has 0 spiro atoms. The van der Waals surface area contributed by atoms with Gasteiger partial charge < -0.3 is 9.30 Å². The molecule has 4 aromatic heterocycles. The highest BCUT2D eigenvalue weighted by atomic mass is 16.5. The fraction of sp³-hybridized carbons (Fsp3) is 0.242. The number of rotatable bonds is 12. The molecule has 8 nitrogen and oxygen atoms in total. The van der Waals surface area contributed by atoms with E-state index in [4.69, 9.17) is 4.74 Å². The highest BCUT2D eigenvalue weighted by molar-refractivity contribution is 5.80. The molecule has 0 fully saturated rings. The Morgan fingerprint density at radius 2 is 1.49 bits per heavy atom. The molecule has 5 rings (SSSR count). The summed E-state index contributed by atoms with van der Waals surface area (Å²) in [6.07, 6.45) is 14.6. The molecule has 41 heavy (non-hydrogen) atoms. The van der Waals surface area contributed by atoms with Gasteiger partial charge in [-0.1, -0.05) is 12.1 Å². The monoisotopic (exact) mass is 549 g/mol. The number of hydrogen-bond donors (Lipinski definition) is 0. The molecule has 5 aromatic rings. The Morgan fingerprint density at radius 3 is 2.07 bits per heavy atom. The molecule has 0 aliphatic carbocycles. The molecule has 0 saturated carbocycles. The van der Waals surface area contributed by atoms with E-state index in [2.05, 4.69) is 32.0 Å². The first kappa shape index (κ1) is 29.3. The predicted octanol–water partition coefficient (Wildman–Crippen LogP) is 5.47. The number of aromatic nitrogens is 4. The van der Waals surface area contributed by atoms with Gasteiger partial charge in [0.2, 0.25) is 0 Å². The Bertz CT molecular complexity index is 1500. The van der Waals surface area contributed by atoms with Crippen molar-refractivity contribution in [3.05, 3.63) is 131 Å². The van der Waals surface area contributed by atoms with Gasteiger partial charge in [-0.05, 0) is 85.5 Å². The van der Waals surface area contributed by atoms with Gasteiger partial charge in [0.25, 0.3) is 5.56 Å². The number of nitrogens with zero attached hydrogens (tertiary/aromatic N) is 5. The summed E-state index contributed by atoms with van der Waals surface area (Å²) >= 11 is 0. The predicted molar refractivity (Wildman–Crippen MR) is 161 cm³/mol. The Hall–Kier alpha value is -4.69. The smallest absolute Gasteiger partial charge is 0.250 e. The molecule has 0 radical (unpaired) electrons. The standard InChI is InChI=1S/C27H30N4O2.C6H5NO/c1-30-26-11-10-25(17-24(26)9-12-27(30)32)33-16-4-2-3-15-31(20-22-7-5-13-28-18-22)21-23-8-6-14-29-19-23;8-5-6-2-1-3-7-4-6/h5-14,17-19H,2-4,15-16,20-21H2,1H3;1-5H. The Morgan fingerprint density at radius 1 is 0.805 bits per heavy atom. The van der Waals surface area contributed by atoms with Crippen LogP contribution < -0.4 is 10.3 Å². The van der Waals surface area contributed by atoms with Crippen LogP contribution in [0.1, 0.15) is 40.7 Å². The van der Waals surface area contributed by atoms with Crippen LogP contribution in [0.5, 0.6) is 5.75 Å². The van der Waals surface area contributed by atoms with E-state index >= 15 is 0 Å². The van der Waals surface area contributed by atoms with Crippen LogP contribution in [-0.4, -0.2) is 43.9 Å². The van der Waals surface area contributed by atoms with Gasteiger partial charge in [0.05, 0.1) is 12.1 Å². The molecule has 0 unspecified atom stereocenters. The van der Waals surface area contributed by atoms with Gasteiger partial charge in [0.1, 0.15) is 5.75 Å². The third-order valence-electron chi connectivity index (χ3n) is 6.56. The molecular weight excluding hydrogens is 514 g/mol. The van der Waals surface area contributed by atoms with Crippen LogP contribution in [-0.2, 0) is 20.1 Å². The quantitative estimate of drug-likeness (QED) is 0.150. The zero-order chi connectivity index (χ0) is 28.7. The Kier molecular flexibility index (Phi) is 11.3. The second-order valence-electron chi connectivity index (χ2n) is 9.70. The van der Waals surface area contributed by atoms with E-state index < -0.39 is 0 Å². The number of ether oxygens (including phenoxy) is 1. The van der Waals surface area contributed by atoms with E-state index in [1.807, 2.05) is 61.2 Å². The maximum atomic E-state index is 11.8. The number of pyridine rings is 4. The molecule has 0 saturated heterocycles. The summed E-state index contributed by atoms with van der Waals surface area (Å²) in [7, 11) is 1.79. The normalized spacial score (nSPS) is 10.7. The number of benzene rings is 1. The summed E-state index contributed by atoms with van der Waals surface area (Å²) in [5, 5.41) is 1.01. The lowest BCUT2D eigenvalue weighted by Crippen LogP contribution is -2.24. The zero-order valence-corrected chi connectivity index (χ0v) is 23.3. The third kappa shape index (κ3) is 9.47. The maximum absolute atomic E-state index is 11.8. The summed E-state index contributed by atoms with van der Waals surface area (Å²) in [6, 6.07) is 21.0. The second-order valence-corrected chi connectivity index (χ2v) is 9.70. The van der Waals surface area contributed by atoms with Gasteiger partial charge in [0.15, 0.2) is 6.29 Å². The Labute approximate surface area is 240 Å². The molecule has 0 N–H and O–H groups in total. The van der Waals surface area contributed by atoms with Crippen molar-refractivity contribution in [1.29, 1.82) is 0 Å². The summed E-state index contributed by atoms with van der Waals surface area (Å²) < 4.78 is 7.62. The van der Waals surface area contributed by atoms with Crippen molar-refractivity contribution in [3.8, 4) is 5.75 Å². The van der Waals surface area contributed by atoms with Gasteiger partial charge in [-0.15, -0.1) is 0 Å². The number of carbonyl (C=O) groups is 1. The van der Waals surface area contributed by atoms with Gasteiger partial charge >= 0.3 is 0 Å². The zero-order valence-electron chi connectivity index (χ0n) is 23.3. The van der Waals surface area contributed by atoms with Crippen molar-refractivity contribution in [2.45, 2.75) is 32.4 Å². The lowest BCUT2D eigenvalue weighted by Gasteiger charge is -2.22. The van der Waals surface area contributed by atoms with Crippen molar-refractivity contribution in [3.63, 3.8) is 0 Å². The van der Waals surface area contributed by atoms with Crippen LogP contribution >= 0.6 is 0 Å². The number of carbonyl (C=O) groups excluding carboxylic acids is 1. The van der Waals surface area contributed by atoms with Gasteiger partial charge in [-0.3, -0.25) is 29.4 Å². The minimum atomic E-state index is -0.00253. The number of unbranched alkanes of at least 4 members (excludes halogenated alkanes) is 2. The highest BCUT2D eigenvalue weighted by Crippen LogP contribution is 2.20. The SMILES string of the molecule is Cn1c(=O)ccc2cc(OCCCCCN(Cc3cccnc3)Cc3cccnc3)ccc21.O=Cc1cccnc1. The van der Waals surface area contributed by atoms with Crippen LogP contribution in [0.3, 0.4) is 0 Å². The maximum Gasteiger partial charge on any atom is 0.250 e. The van der Waals surface area contributed by atoms with Gasteiger partial charge in [-0.2, -0.15) is 0 Å². The van der Waals surface area contributed by atoms with Crippen molar-refractivity contribution < 1.29 is 9.53 Å². The van der Waals surface area contributed by atoms with E-state index in [1.54, 1.807) is 36.0 Å². The molecule has 4 heterocycles. The van der Waals surface area contributed by atoms with Crippen LogP contribution in [0.15, 0.2) is 109 Å². The fourth-order valence-corrected chi connectivity index (χ4v) is 4.42. The van der Waals surface area contributed by atoms with Crippen molar-refractivity contribution >= 4 is 17.2 Å². The third-order valence-corrected chi connectivity index (χ3v) is 6.56. The molecule has 0 bridgehead atoms. The lowest BCUT2D eigenvalue weighted by molar-refractivity contribution is 0.112. The average Bonchev–Trinajstić information content (AvgIpc) is 3.02. The van der Waals surface area contributed by atoms with E-state index in [9.17, 15) is 9.59 Å². The molecule has 0 amide bonds. The van der Waals surface area contributed by atoms with Crippen molar-refractivity contribution in [2.75, 3.05) is 13.2 Å². The van der Waals surface area contributed by atoms with E-state index in [0.717, 1.165) is 61.8 Å². The van der Waals surface area contributed by atoms with Gasteiger partial charge in [-0.25, -0.2) is 0 Å². The largest absolute Gasteiger partial charge is 0.494 e. The molecule has 0 aliphatic heterocycles. The number of aryl methyl sites for hydroxylation is 1. The molecule has 210 valence electrons. The fourth-order valence-electron chi connectivity index (χ4n) is 4.42. The molecule has 8 heteroatoms. The second kappa shape index (κ2) is 15.8. The van der Waals surface area contributed by atoms with E-state index in [1.165, 1.54) is 17.3 Å². The van der Waals surface area contributed by atoms with E-state index in [-0.39, 0.29) is 5.56 Å². The van der Waals surface area contributed by atoms with Crippen molar-refractivity contribution in [1.82, 2.24) is 24.4 Å². The Balaban J connectivity index is 0.000000417. The molecule has 1 aromatic carbocycles. The first-order valence-electron chi connectivity index (χ1n) is 13.7. The first-order chi connectivity index (χ1) is 20.1. The van der Waals surface area contributed by atoms with Crippen LogP contribution in [0, 0.1) is 0 Å². The van der Waals surface area contributed by atoms with E-state index in [0.29, 0.717) is 12.2 Å². The first-order valence-corrected chi connectivity index (χ1v) is 13.7. The molecule has 0 atom stereocenters. The minimum Gasteiger partial charge on any atom is -0.494 e. The lowest BCUT2D eigenvalue weighted by atomic mass is 10.2. The summed E-state index contributed by atoms with van der Waals surface area (Å²) in [4.78, 5) is 36.4. The van der Waals surface area contributed by atoms with Gasteiger partial charge in [0, 0.05) is 74.3 Å². The average molecular weight is 550 g/mol. The van der Waals surface area contributed by atoms with Crippen molar-refractivity contribution in [2.24, 2.45) is 7.05 Å². The summed E-state index contributed by atoms with van der Waals surface area (Å²) in [5.74, 6) is 0.843. The topological polar surface area (TPSA) is 90.2 Å². The number of fused-ring (bicyclic) bond motifs is 1. The highest BCUT2D eigenvalue weighted by Gasteiger charge is 2.08. The number of hydrogen-bond acceptors (Lipinski definition) is 7. The number of aldehydes is 1. The van der Waals surface area contributed by atoms with Crippen LogP contribution in [0.4, 0.5) is 0 Å². The van der Waals surface area contributed by atoms with Crippen LogP contribution in [0.25, 0.3) is 10.9 Å². The molecule has 0 aliphatic rings.